The van der Waals surface area contributed by atoms with E-state index in [1.807, 2.05) is 0 Å². The van der Waals surface area contributed by atoms with Gasteiger partial charge in [0.1, 0.15) is 23.3 Å². The summed E-state index contributed by atoms with van der Waals surface area (Å²) >= 11 is 0. The Morgan fingerprint density at radius 3 is 2.22 bits per heavy atom. The van der Waals surface area contributed by atoms with Crippen LogP contribution in [-0.4, -0.2) is 63.9 Å². The molecule has 8 nitrogen and oxygen atoms in total. The minimum Gasteiger partial charge on any atom is -0.458 e. The number of nitrogens with zero attached hydrogens (tertiary/aromatic N) is 1. The van der Waals surface area contributed by atoms with Gasteiger partial charge in [0, 0.05) is 18.6 Å². The zero-order valence-corrected chi connectivity index (χ0v) is 17.1. The summed E-state index contributed by atoms with van der Waals surface area (Å²) in [5.74, 6) is -1.22. The molecule has 0 aromatic heterocycles. The lowest BCUT2D eigenvalue weighted by Crippen LogP contribution is -2.62. The predicted octanol–water partition coefficient (Wildman–Crippen LogP) is 1.59. The predicted molar refractivity (Wildman–Crippen MR) is 97.9 cm³/mol. The first-order chi connectivity index (χ1) is 12.3. The third-order valence-corrected chi connectivity index (χ3v) is 4.65. The van der Waals surface area contributed by atoms with Crippen LogP contribution in [0.25, 0.3) is 0 Å². The lowest BCUT2D eigenvalue weighted by atomic mass is 9.87. The van der Waals surface area contributed by atoms with Crippen LogP contribution < -0.4 is 5.32 Å². The van der Waals surface area contributed by atoms with Crippen molar-refractivity contribution in [2.24, 2.45) is 5.92 Å². The van der Waals surface area contributed by atoms with Gasteiger partial charge < -0.3 is 24.8 Å². The second kappa shape index (κ2) is 7.66. The van der Waals surface area contributed by atoms with Gasteiger partial charge in [-0.3, -0.25) is 4.79 Å². The molecule has 2 rings (SSSR count). The quantitative estimate of drug-likeness (QED) is 0.716. The largest absolute Gasteiger partial charge is 0.458 e. The van der Waals surface area contributed by atoms with Crippen LogP contribution in [0.5, 0.6) is 0 Å². The van der Waals surface area contributed by atoms with Crippen LogP contribution in [0.3, 0.4) is 0 Å². The standard InChI is InChI=1S/C19H32N2O6/c1-18(2,3)26-16(24)13-8-7-12-9-11(10-22)14(15(23)21(12)13)20-17(25)27-19(4,5)6/h11-14,22H,7-10H2,1-6H3,(H,20,25)/t11-,12?,13-,14+/m0/s1. The lowest BCUT2D eigenvalue weighted by Gasteiger charge is -2.41. The number of carbonyl (C=O) groups excluding carboxylic acids is 3. The van der Waals surface area contributed by atoms with Crippen molar-refractivity contribution in [3.63, 3.8) is 0 Å². The molecule has 2 amide bonds. The van der Waals surface area contributed by atoms with E-state index in [0.717, 1.165) is 0 Å². The van der Waals surface area contributed by atoms with Crippen molar-refractivity contribution in [2.45, 2.75) is 90.1 Å². The van der Waals surface area contributed by atoms with Crippen LogP contribution in [0.15, 0.2) is 0 Å². The third kappa shape index (κ3) is 5.34. The van der Waals surface area contributed by atoms with Gasteiger partial charge >= 0.3 is 12.1 Å². The molecule has 154 valence electrons. The first-order valence-corrected chi connectivity index (χ1v) is 9.48. The molecule has 27 heavy (non-hydrogen) atoms. The van der Waals surface area contributed by atoms with Gasteiger partial charge in [-0.15, -0.1) is 0 Å². The highest BCUT2D eigenvalue weighted by Gasteiger charge is 2.51. The van der Waals surface area contributed by atoms with Gasteiger partial charge in [-0.2, -0.15) is 0 Å². The van der Waals surface area contributed by atoms with Gasteiger partial charge in [0.2, 0.25) is 5.91 Å². The highest BCUT2D eigenvalue weighted by Crippen LogP contribution is 2.36. The lowest BCUT2D eigenvalue weighted by molar-refractivity contribution is -0.166. The molecule has 0 aliphatic carbocycles. The number of hydrogen-bond acceptors (Lipinski definition) is 6. The van der Waals surface area contributed by atoms with Crippen LogP contribution in [0.4, 0.5) is 4.79 Å². The average Bonchev–Trinajstić information content (AvgIpc) is 2.90. The fraction of sp³-hybridized carbons (Fsp3) is 0.842. The van der Waals surface area contributed by atoms with Gasteiger partial charge in [0.05, 0.1) is 0 Å². The molecule has 0 radical (unpaired) electrons. The number of nitrogens with one attached hydrogen (secondary N) is 1. The molecule has 1 unspecified atom stereocenters. The SMILES string of the molecule is CC(C)(C)OC(=O)N[C@H]1C(=O)N2C(CC[C@H]2C(=O)OC(C)(C)C)C[C@H]1CO. The number of alkyl carbamates (subject to hydrolysis) is 1. The average molecular weight is 384 g/mol. The maximum Gasteiger partial charge on any atom is 0.408 e. The Morgan fingerprint density at radius 2 is 1.70 bits per heavy atom. The van der Waals surface area contributed by atoms with Crippen molar-refractivity contribution in [3.05, 3.63) is 0 Å². The minimum absolute atomic E-state index is 0.135. The molecular formula is C19H32N2O6. The topological polar surface area (TPSA) is 105 Å². The normalized spacial score (nSPS) is 28.6. The Labute approximate surface area is 160 Å². The molecule has 2 heterocycles. The van der Waals surface area contributed by atoms with Crippen LogP contribution in [0.2, 0.25) is 0 Å². The molecule has 0 spiro atoms. The third-order valence-electron chi connectivity index (χ3n) is 4.65. The summed E-state index contributed by atoms with van der Waals surface area (Å²) < 4.78 is 10.7. The summed E-state index contributed by atoms with van der Waals surface area (Å²) in [5, 5.41) is 12.3. The van der Waals surface area contributed by atoms with E-state index in [4.69, 9.17) is 9.47 Å². The van der Waals surface area contributed by atoms with Gasteiger partial charge in [0.25, 0.3) is 0 Å². The number of aliphatic hydroxyl groups excluding tert-OH is 1. The van der Waals surface area contributed by atoms with Crippen molar-refractivity contribution >= 4 is 18.0 Å². The first-order valence-electron chi connectivity index (χ1n) is 9.48. The Bertz CT molecular complexity index is 592. The molecule has 8 heteroatoms. The molecule has 2 aliphatic heterocycles. The molecular weight excluding hydrogens is 352 g/mol. The van der Waals surface area contributed by atoms with E-state index in [0.29, 0.717) is 19.3 Å². The van der Waals surface area contributed by atoms with Gasteiger partial charge in [-0.05, 0) is 60.8 Å². The van der Waals surface area contributed by atoms with Crippen molar-refractivity contribution < 1.29 is 29.0 Å². The number of rotatable bonds is 3. The summed E-state index contributed by atoms with van der Waals surface area (Å²) in [6.45, 7) is 10.3. The van der Waals surface area contributed by atoms with E-state index in [9.17, 15) is 19.5 Å². The number of piperidine rings is 1. The summed E-state index contributed by atoms with van der Waals surface area (Å²) in [4.78, 5) is 39.3. The highest BCUT2D eigenvalue weighted by atomic mass is 16.6. The maximum atomic E-state index is 13.1. The number of amides is 2. The molecule has 0 aromatic rings. The molecule has 0 bridgehead atoms. The zero-order chi connectivity index (χ0) is 20.6. The summed E-state index contributed by atoms with van der Waals surface area (Å²) in [5.41, 5.74) is -1.35. The van der Waals surface area contributed by atoms with Gasteiger partial charge in [-0.25, -0.2) is 9.59 Å². The maximum absolute atomic E-state index is 13.1. The summed E-state index contributed by atoms with van der Waals surface area (Å²) in [6.07, 6.45) is 0.987. The monoisotopic (exact) mass is 384 g/mol. The molecule has 4 atom stereocenters. The molecule has 2 aliphatic rings. The summed E-state index contributed by atoms with van der Waals surface area (Å²) in [7, 11) is 0. The van der Waals surface area contributed by atoms with E-state index in [1.165, 1.54) is 4.90 Å². The Kier molecular flexibility index (Phi) is 6.09. The molecule has 0 saturated carbocycles. The van der Waals surface area contributed by atoms with Crippen molar-refractivity contribution in [1.82, 2.24) is 10.2 Å². The number of carbonyl (C=O) groups is 3. The van der Waals surface area contributed by atoms with E-state index in [2.05, 4.69) is 5.32 Å². The zero-order valence-electron chi connectivity index (χ0n) is 17.1. The number of esters is 1. The molecule has 0 aromatic carbocycles. The van der Waals surface area contributed by atoms with E-state index < -0.39 is 41.3 Å². The number of aliphatic hydroxyl groups is 1. The molecule has 2 saturated heterocycles. The van der Waals surface area contributed by atoms with Crippen LogP contribution in [-0.2, 0) is 19.1 Å². The first kappa shape index (κ1) is 21.5. The van der Waals surface area contributed by atoms with Crippen molar-refractivity contribution in [2.75, 3.05) is 6.61 Å². The van der Waals surface area contributed by atoms with Crippen molar-refractivity contribution in [1.29, 1.82) is 0 Å². The Hall–Kier alpha value is -1.83. The van der Waals surface area contributed by atoms with Crippen LogP contribution in [0.1, 0.15) is 60.8 Å². The Balaban J connectivity index is 2.16. The fourth-order valence-corrected chi connectivity index (χ4v) is 3.69. The number of fused-ring (bicyclic) bond motifs is 1. The van der Waals surface area contributed by atoms with E-state index in [1.54, 1.807) is 41.5 Å². The van der Waals surface area contributed by atoms with Crippen LogP contribution >= 0.6 is 0 Å². The number of ether oxygens (including phenoxy) is 2. The van der Waals surface area contributed by atoms with Gasteiger partial charge in [-0.1, -0.05) is 0 Å². The van der Waals surface area contributed by atoms with Crippen LogP contribution in [0, 0.1) is 5.92 Å². The second-order valence-corrected chi connectivity index (χ2v) is 9.33. The molecule has 2 N–H and O–H groups in total. The number of hydrogen-bond donors (Lipinski definition) is 2. The Morgan fingerprint density at radius 1 is 1.11 bits per heavy atom. The highest BCUT2D eigenvalue weighted by molar-refractivity contribution is 5.91. The van der Waals surface area contributed by atoms with Gasteiger partial charge in [0.15, 0.2) is 0 Å². The van der Waals surface area contributed by atoms with E-state index in [-0.39, 0.29) is 18.6 Å². The fourth-order valence-electron chi connectivity index (χ4n) is 3.69. The second-order valence-electron chi connectivity index (χ2n) is 9.33. The smallest absolute Gasteiger partial charge is 0.408 e. The minimum atomic E-state index is -0.927. The van der Waals surface area contributed by atoms with E-state index >= 15 is 0 Å². The molecule has 2 fully saturated rings. The van der Waals surface area contributed by atoms with Crippen molar-refractivity contribution in [3.8, 4) is 0 Å². The summed E-state index contributed by atoms with van der Waals surface area (Å²) in [6, 6.07) is -1.72.